The van der Waals surface area contributed by atoms with Crippen LogP contribution in [0.4, 0.5) is 0 Å². The number of nitrogens with two attached hydrogens (primary N) is 1. The molecule has 6 heteroatoms. The van der Waals surface area contributed by atoms with Gasteiger partial charge >= 0.3 is 0 Å². The van der Waals surface area contributed by atoms with E-state index in [-0.39, 0.29) is 12.8 Å². The zero-order valence-electron chi connectivity index (χ0n) is 13.4. The topological polar surface area (TPSA) is 56.8 Å². The Labute approximate surface area is 151 Å². The molecule has 0 aromatic heterocycles. The molecule has 3 rings (SSSR count). The molecule has 1 atom stereocenters. The molecule has 0 saturated heterocycles. The summed E-state index contributed by atoms with van der Waals surface area (Å²) in [4.78, 5) is 4.56. The minimum Gasteiger partial charge on any atom is -0.467 e. The minimum atomic E-state index is 0.0247. The highest BCUT2D eigenvalue weighted by molar-refractivity contribution is 8.13. The third kappa shape index (κ3) is 4.23. The largest absolute Gasteiger partial charge is 0.467 e. The second kappa shape index (κ2) is 7.92. The van der Waals surface area contributed by atoms with E-state index in [2.05, 4.69) is 4.99 Å². The molecular formula is C18H19ClN2O2S. The Morgan fingerprint density at radius 1 is 1.33 bits per heavy atom. The average Bonchev–Trinajstić information content (AvgIpc) is 2.60. The molecule has 0 unspecified atom stereocenters. The number of aliphatic imine (C=N–C) groups is 1. The molecule has 1 aliphatic rings. The van der Waals surface area contributed by atoms with Gasteiger partial charge in [-0.1, -0.05) is 53.7 Å². The molecule has 2 aromatic carbocycles. The van der Waals surface area contributed by atoms with Crippen LogP contribution in [0.15, 0.2) is 47.5 Å². The van der Waals surface area contributed by atoms with Crippen LogP contribution < -0.4 is 10.5 Å². The predicted molar refractivity (Wildman–Crippen MR) is 99.5 cm³/mol. The Bertz CT molecular complexity index is 737. The van der Waals surface area contributed by atoms with Crippen LogP contribution in [0.1, 0.15) is 29.7 Å². The van der Waals surface area contributed by atoms with E-state index in [1.165, 1.54) is 11.8 Å². The molecule has 0 fully saturated rings. The Hall–Kier alpha value is -1.69. The van der Waals surface area contributed by atoms with Gasteiger partial charge in [-0.25, -0.2) is 0 Å². The smallest absolute Gasteiger partial charge is 0.189 e. The van der Waals surface area contributed by atoms with Gasteiger partial charge in [-0.05, 0) is 24.6 Å². The first-order chi connectivity index (χ1) is 11.6. The number of nitrogens with zero attached hydrogens (tertiary/aromatic N) is 1. The normalized spacial score (nSPS) is 15.5. The van der Waals surface area contributed by atoms with Gasteiger partial charge in [-0.3, -0.25) is 4.99 Å². The molecule has 0 bridgehead atoms. The third-order valence-electron chi connectivity index (χ3n) is 3.73. The van der Waals surface area contributed by atoms with Gasteiger partial charge in [0.25, 0.3) is 0 Å². The maximum absolute atomic E-state index is 6.18. The molecule has 0 radical (unpaired) electrons. The summed E-state index contributed by atoms with van der Waals surface area (Å²) < 4.78 is 10.9. The lowest BCUT2D eigenvalue weighted by molar-refractivity contribution is -0.0168. The highest BCUT2D eigenvalue weighted by atomic mass is 35.5. The fourth-order valence-corrected chi connectivity index (χ4v) is 3.56. The van der Waals surface area contributed by atoms with Crippen molar-refractivity contribution in [2.75, 3.05) is 6.79 Å². The Kier molecular flexibility index (Phi) is 5.66. The lowest BCUT2D eigenvalue weighted by atomic mass is 10.1. The quantitative estimate of drug-likeness (QED) is 0.642. The lowest BCUT2D eigenvalue weighted by Gasteiger charge is -2.21. The first-order valence-corrected chi connectivity index (χ1v) is 9.02. The minimum absolute atomic E-state index is 0.0247. The highest BCUT2D eigenvalue weighted by Crippen LogP contribution is 2.34. The van der Waals surface area contributed by atoms with Gasteiger partial charge in [0.15, 0.2) is 12.0 Å². The first kappa shape index (κ1) is 17.1. The van der Waals surface area contributed by atoms with E-state index in [0.717, 1.165) is 22.4 Å². The SMILES string of the molecule is C[C@H](N=C(N)SCc1cc(Cl)cc2c1OCOC2)c1ccccc1. The van der Waals surface area contributed by atoms with Crippen molar-refractivity contribution in [3.8, 4) is 5.75 Å². The van der Waals surface area contributed by atoms with Crippen molar-refractivity contribution in [3.05, 3.63) is 64.2 Å². The number of amidine groups is 1. The number of ether oxygens (including phenoxy) is 2. The van der Waals surface area contributed by atoms with E-state index in [4.69, 9.17) is 26.8 Å². The number of halogens is 1. The van der Waals surface area contributed by atoms with Crippen LogP contribution in [0.5, 0.6) is 5.75 Å². The van der Waals surface area contributed by atoms with Crippen molar-refractivity contribution in [1.29, 1.82) is 0 Å². The summed E-state index contributed by atoms with van der Waals surface area (Å²) in [5, 5.41) is 1.22. The summed E-state index contributed by atoms with van der Waals surface area (Å²) in [6, 6.07) is 13.9. The van der Waals surface area contributed by atoms with E-state index in [9.17, 15) is 0 Å². The van der Waals surface area contributed by atoms with E-state index < -0.39 is 0 Å². The van der Waals surface area contributed by atoms with Gasteiger partial charge in [0.05, 0.1) is 12.6 Å². The summed E-state index contributed by atoms with van der Waals surface area (Å²) in [5.41, 5.74) is 9.21. The van der Waals surface area contributed by atoms with Crippen molar-refractivity contribution in [1.82, 2.24) is 0 Å². The van der Waals surface area contributed by atoms with Gasteiger partial charge in [0, 0.05) is 21.9 Å². The molecule has 0 aliphatic carbocycles. The molecule has 1 heterocycles. The number of hydrogen-bond donors (Lipinski definition) is 1. The van der Waals surface area contributed by atoms with Gasteiger partial charge in [0.1, 0.15) is 5.75 Å². The molecule has 0 spiro atoms. The summed E-state index contributed by atoms with van der Waals surface area (Å²) in [6.07, 6.45) is 0. The van der Waals surface area contributed by atoms with Gasteiger partial charge in [-0.2, -0.15) is 0 Å². The number of rotatable bonds is 4. The second-order valence-corrected chi connectivity index (χ2v) is 6.94. The molecule has 0 saturated carbocycles. The fourth-order valence-electron chi connectivity index (χ4n) is 2.55. The van der Waals surface area contributed by atoms with Crippen LogP contribution in [0.25, 0.3) is 0 Å². The summed E-state index contributed by atoms with van der Waals surface area (Å²) >= 11 is 7.66. The molecule has 4 nitrogen and oxygen atoms in total. The van der Waals surface area contributed by atoms with Gasteiger partial charge in [-0.15, -0.1) is 0 Å². The Balaban J connectivity index is 1.69. The van der Waals surface area contributed by atoms with Crippen LogP contribution in [-0.4, -0.2) is 12.0 Å². The van der Waals surface area contributed by atoms with Crippen LogP contribution in [0, 0.1) is 0 Å². The number of fused-ring (bicyclic) bond motifs is 1. The molecule has 2 aromatic rings. The molecule has 24 heavy (non-hydrogen) atoms. The average molecular weight is 363 g/mol. The number of hydrogen-bond acceptors (Lipinski definition) is 4. The summed E-state index contributed by atoms with van der Waals surface area (Å²) in [7, 11) is 0. The molecule has 0 amide bonds. The zero-order valence-corrected chi connectivity index (χ0v) is 14.9. The number of benzene rings is 2. The van der Waals surface area contributed by atoms with Gasteiger partial charge < -0.3 is 15.2 Å². The predicted octanol–water partition coefficient (Wildman–Crippen LogP) is 4.52. The number of thioether (sulfide) groups is 1. The molecule has 2 N–H and O–H groups in total. The zero-order chi connectivity index (χ0) is 16.9. The van der Waals surface area contributed by atoms with Crippen molar-refractivity contribution < 1.29 is 9.47 Å². The lowest BCUT2D eigenvalue weighted by Crippen LogP contribution is -2.14. The van der Waals surface area contributed by atoms with Crippen LogP contribution in [0.3, 0.4) is 0 Å². The van der Waals surface area contributed by atoms with Crippen LogP contribution >= 0.6 is 23.4 Å². The van der Waals surface area contributed by atoms with Crippen LogP contribution in [0.2, 0.25) is 5.02 Å². The van der Waals surface area contributed by atoms with Gasteiger partial charge in [0.2, 0.25) is 0 Å². The third-order valence-corrected chi connectivity index (χ3v) is 4.80. The van der Waals surface area contributed by atoms with Crippen LogP contribution in [-0.2, 0) is 17.1 Å². The van der Waals surface area contributed by atoms with E-state index in [1.54, 1.807) is 0 Å². The Morgan fingerprint density at radius 3 is 2.92 bits per heavy atom. The highest BCUT2D eigenvalue weighted by Gasteiger charge is 2.17. The van der Waals surface area contributed by atoms with Crippen molar-refractivity contribution in [2.45, 2.75) is 25.3 Å². The standard InChI is InChI=1S/C18H19ClN2O2S/c1-12(13-5-3-2-4-6-13)21-18(20)24-10-15-8-16(19)7-14-9-22-11-23-17(14)15/h2-8,12H,9-11H2,1H3,(H2,20,21)/t12-/m0/s1. The monoisotopic (exact) mass is 362 g/mol. The molecule has 126 valence electrons. The first-order valence-electron chi connectivity index (χ1n) is 7.66. The fraction of sp³-hybridized carbons (Fsp3) is 0.278. The summed E-state index contributed by atoms with van der Waals surface area (Å²) in [5.74, 6) is 1.50. The maximum Gasteiger partial charge on any atom is 0.189 e. The van der Waals surface area contributed by atoms with Crippen molar-refractivity contribution in [2.24, 2.45) is 10.7 Å². The van der Waals surface area contributed by atoms with Crippen molar-refractivity contribution in [3.63, 3.8) is 0 Å². The molecular weight excluding hydrogens is 344 g/mol. The summed E-state index contributed by atoms with van der Waals surface area (Å²) in [6.45, 7) is 2.81. The Morgan fingerprint density at radius 2 is 2.12 bits per heavy atom. The van der Waals surface area contributed by atoms with E-state index in [1.807, 2.05) is 49.4 Å². The van der Waals surface area contributed by atoms with E-state index in [0.29, 0.717) is 22.6 Å². The van der Waals surface area contributed by atoms with E-state index >= 15 is 0 Å². The second-order valence-electron chi connectivity index (χ2n) is 5.51. The molecule has 1 aliphatic heterocycles. The maximum atomic E-state index is 6.18. The van der Waals surface area contributed by atoms with Crippen molar-refractivity contribution >= 4 is 28.5 Å².